The minimum absolute atomic E-state index is 0.435. The lowest BCUT2D eigenvalue weighted by Crippen LogP contribution is -2.48. The van der Waals surface area contributed by atoms with Crippen LogP contribution in [-0.2, 0) is 11.2 Å². The zero-order valence-electron chi connectivity index (χ0n) is 13.8. The molecular formula is C19H21N3O2. The molecule has 0 saturated carbocycles. The fraction of sp³-hybridized carbons (Fsp3) is 0.263. The number of amides is 1. The first kappa shape index (κ1) is 17.5. The van der Waals surface area contributed by atoms with Crippen molar-refractivity contribution in [2.45, 2.75) is 24.9 Å². The monoisotopic (exact) mass is 323 g/mol. The SMILES string of the molecule is COc1ccc(CC(C)(C#N)N[C@H](C(N)=O)c2ccccc2)cc1. The number of carbonyl (C=O) groups is 1. The Morgan fingerprint density at radius 1 is 1.25 bits per heavy atom. The molecule has 24 heavy (non-hydrogen) atoms. The summed E-state index contributed by atoms with van der Waals surface area (Å²) in [6.07, 6.45) is 0.435. The maximum Gasteiger partial charge on any atom is 0.239 e. The zero-order chi connectivity index (χ0) is 17.6. The molecule has 5 nitrogen and oxygen atoms in total. The highest BCUT2D eigenvalue weighted by atomic mass is 16.5. The second kappa shape index (κ2) is 7.62. The molecule has 0 aliphatic heterocycles. The van der Waals surface area contributed by atoms with Crippen LogP contribution in [0.15, 0.2) is 54.6 Å². The lowest BCUT2D eigenvalue weighted by Gasteiger charge is -2.28. The summed E-state index contributed by atoms with van der Waals surface area (Å²) in [4.78, 5) is 11.9. The molecule has 0 radical (unpaired) electrons. The van der Waals surface area contributed by atoms with Gasteiger partial charge in [-0.1, -0.05) is 42.5 Å². The molecule has 5 heteroatoms. The molecule has 0 fully saturated rings. The maximum absolute atomic E-state index is 11.9. The Morgan fingerprint density at radius 3 is 2.38 bits per heavy atom. The van der Waals surface area contributed by atoms with E-state index in [1.807, 2.05) is 54.6 Å². The van der Waals surface area contributed by atoms with Crippen molar-refractivity contribution in [2.24, 2.45) is 5.73 Å². The number of nitrogens with two attached hydrogens (primary N) is 1. The van der Waals surface area contributed by atoms with Crippen molar-refractivity contribution in [3.63, 3.8) is 0 Å². The third-order valence-electron chi connectivity index (χ3n) is 3.84. The lowest BCUT2D eigenvalue weighted by atomic mass is 9.92. The number of hydrogen-bond donors (Lipinski definition) is 2. The minimum Gasteiger partial charge on any atom is -0.497 e. The van der Waals surface area contributed by atoms with Gasteiger partial charge in [0, 0.05) is 6.42 Å². The first-order valence-corrected chi connectivity index (χ1v) is 7.63. The van der Waals surface area contributed by atoms with E-state index >= 15 is 0 Å². The van der Waals surface area contributed by atoms with Crippen molar-refractivity contribution in [3.05, 3.63) is 65.7 Å². The van der Waals surface area contributed by atoms with Gasteiger partial charge in [-0.2, -0.15) is 5.26 Å². The summed E-state index contributed by atoms with van der Waals surface area (Å²) < 4.78 is 5.14. The van der Waals surface area contributed by atoms with E-state index in [1.54, 1.807) is 14.0 Å². The standard InChI is InChI=1S/C19H21N3O2/c1-19(13-20,12-14-8-10-16(24-2)11-9-14)22-17(18(21)23)15-6-4-3-5-7-15/h3-11,17,22H,12H2,1-2H3,(H2,21,23)/t17-,19?/m0/s1. The second-order valence-electron chi connectivity index (χ2n) is 5.86. The highest BCUT2D eigenvalue weighted by Gasteiger charge is 2.30. The molecule has 2 rings (SSSR count). The number of rotatable bonds is 7. The van der Waals surface area contributed by atoms with Gasteiger partial charge in [-0.05, 0) is 30.2 Å². The van der Waals surface area contributed by atoms with Gasteiger partial charge >= 0.3 is 0 Å². The Kier molecular flexibility index (Phi) is 5.56. The highest BCUT2D eigenvalue weighted by molar-refractivity contribution is 5.81. The van der Waals surface area contributed by atoms with Crippen molar-refractivity contribution >= 4 is 5.91 Å². The van der Waals surface area contributed by atoms with Crippen LogP contribution >= 0.6 is 0 Å². The average molecular weight is 323 g/mol. The molecule has 1 amide bonds. The number of benzene rings is 2. The van der Waals surface area contributed by atoms with Crippen molar-refractivity contribution in [3.8, 4) is 11.8 Å². The van der Waals surface area contributed by atoms with Crippen LogP contribution in [0.3, 0.4) is 0 Å². The van der Waals surface area contributed by atoms with Gasteiger partial charge in [0.1, 0.15) is 17.3 Å². The van der Waals surface area contributed by atoms with E-state index in [0.29, 0.717) is 6.42 Å². The van der Waals surface area contributed by atoms with Gasteiger partial charge in [0.25, 0.3) is 0 Å². The number of nitriles is 1. The van der Waals surface area contributed by atoms with Gasteiger partial charge in [-0.25, -0.2) is 0 Å². The van der Waals surface area contributed by atoms with Gasteiger partial charge in [0.15, 0.2) is 0 Å². The van der Waals surface area contributed by atoms with E-state index in [-0.39, 0.29) is 0 Å². The van der Waals surface area contributed by atoms with Gasteiger partial charge in [-0.3, -0.25) is 10.1 Å². The summed E-state index contributed by atoms with van der Waals surface area (Å²) in [5, 5.41) is 12.7. The normalized spacial score (nSPS) is 14.2. The maximum atomic E-state index is 11.9. The molecule has 0 aliphatic rings. The van der Waals surface area contributed by atoms with Crippen molar-refractivity contribution < 1.29 is 9.53 Å². The fourth-order valence-corrected chi connectivity index (χ4v) is 2.56. The molecular weight excluding hydrogens is 302 g/mol. The predicted octanol–water partition coefficient (Wildman–Crippen LogP) is 2.34. The van der Waals surface area contributed by atoms with Gasteiger partial charge in [0.2, 0.25) is 5.91 Å². The number of primary amides is 1. The van der Waals surface area contributed by atoms with Crippen LogP contribution in [0.2, 0.25) is 0 Å². The predicted molar refractivity (Wildman–Crippen MR) is 92.2 cm³/mol. The van der Waals surface area contributed by atoms with E-state index in [9.17, 15) is 10.1 Å². The second-order valence-corrected chi connectivity index (χ2v) is 5.86. The van der Waals surface area contributed by atoms with Crippen LogP contribution < -0.4 is 15.8 Å². The minimum atomic E-state index is -0.940. The molecule has 1 unspecified atom stereocenters. The summed E-state index contributed by atoms with van der Waals surface area (Å²) in [6.45, 7) is 1.76. The quantitative estimate of drug-likeness (QED) is 0.818. The molecule has 2 aromatic rings. The summed E-state index contributed by atoms with van der Waals surface area (Å²) in [5.41, 5.74) is 6.29. The number of hydrogen-bond acceptors (Lipinski definition) is 4. The van der Waals surface area contributed by atoms with Gasteiger partial charge in [0.05, 0.1) is 13.2 Å². The highest BCUT2D eigenvalue weighted by Crippen LogP contribution is 2.21. The molecule has 0 aliphatic carbocycles. The largest absolute Gasteiger partial charge is 0.497 e. The smallest absolute Gasteiger partial charge is 0.239 e. The third-order valence-corrected chi connectivity index (χ3v) is 3.84. The molecule has 124 valence electrons. The van der Waals surface area contributed by atoms with Gasteiger partial charge < -0.3 is 10.5 Å². The molecule has 0 bridgehead atoms. The Labute approximate surface area is 142 Å². The van der Waals surface area contributed by atoms with E-state index in [4.69, 9.17) is 10.5 Å². The van der Waals surface area contributed by atoms with Crippen molar-refractivity contribution in [1.29, 1.82) is 5.26 Å². The summed E-state index contributed by atoms with van der Waals surface area (Å²) >= 11 is 0. The van der Waals surface area contributed by atoms with E-state index < -0.39 is 17.5 Å². The Hall–Kier alpha value is -2.84. The molecule has 2 aromatic carbocycles. The van der Waals surface area contributed by atoms with Gasteiger partial charge in [-0.15, -0.1) is 0 Å². The lowest BCUT2D eigenvalue weighted by molar-refractivity contribution is -0.120. The fourth-order valence-electron chi connectivity index (χ4n) is 2.56. The molecule has 0 heterocycles. The zero-order valence-corrected chi connectivity index (χ0v) is 13.8. The number of nitrogens with one attached hydrogen (secondary N) is 1. The molecule has 3 N–H and O–H groups in total. The Bertz CT molecular complexity index is 723. The summed E-state index contributed by atoms with van der Waals surface area (Å²) in [7, 11) is 1.60. The first-order chi connectivity index (χ1) is 11.5. The van der Waals surface area contributed by atoms with Crippen LogP contribution in [0.1, 0.15) is 24.1 Å². The third kappa shape index (κ3) is 4.34. The topological polar surface area (TPSA) is 88.1 Å². The van der Waals surface area contributed by atoms with E-state index in [0.717, 1.165) is 16.9 Å². The average Bonchev–Trinajstić information content (AvgIpc) is 2.61. The van der Waals surface area contributed by atoms with Crippen LogP contribution in [0.5, 0.6) is 5.75 Å². The van der Waals surface area contributed by atoms with E-state index in [2.05, 4.69) is 11.4 Å². The summed E-state index contributed by atoms with van der Waals surface area (Å²) in [5.74, 6) is 0.238. The number of ether oxygens (including phenoxy) is 1. The first-order valence-electron chi connectivity index (χ1n) is 7.63. The number of carbonyl (C=O) groups excluding carboxylic acids is 1. The molecule has 0 spiro atoms. The van der Waals surface area contributed by atoms with Crippen LogP contribution in [0.25, 0.3) is 0 Å². The summed E-state index contributed by atoms with van der Waals surface area (Å²) in [6, 6.07) is 18.2. The van der Waals surface area contributed by atoms with Crippen LogP contribution in [-0.4, -0.2) is 18.6 Å². The Balaban J connectivity index is 2.21. The molecule has 2 atom stereocenters. The molecule has 0 aromatic heterocycles. The Morgan fingerprint density at radius 2 is 1.88 bits per heavy atom. The van der Waals surface area contributed by atoms with Crippen molar-refractivity contribution in [2.75, 3.05) is 7.11 Å². The number of methoxy groups -OCH3 is 1. The van der Waals surface area contributed by atoms with E-state index in [1.165, 1.54) is 0 Å². The van der Waals surface area contributed by atoms with Crippen LogP contribution in [0.4, 0.5) is 0 Å². The number of nitrogens with zero attached hydrogens (tertiary/aromatic N) is 1. The molecule has 0 saturated heterocycles. The van der Waals surface area contributed by atoms with Crippen molar-refractivity contribution in [1.82, 2.24) is 5.32 Å². The van der Waals surface area contributed by atoms with Crippen LogP contribution in [0, 0.1) is 11.3 Å².